The van der Waals surface area contributed by atoms with E-state index in [1.807, 2.05) is 0 Å². The lowest BCUT2D eigenvalue weighted by Gasteiger charge is -2.11. The minimum absolute atomic E-state index is 0.334. The van der Waals surface area contributed by atoms with E-state index >= 15 is 0 Å². The number of rotatable bonds is 2. The SMILES string of the molecule is C[C@H](O)[C@@H](N)c1ccoc1. The molecule has 0 aliphatic rings. The number of nitrogens with two attached hydrogens (primary N) is 1. The van der Waals surface area contributed by atoms with Gasteiger partial charge in [0.05, 0.1) is 24.7 Å². The van der Waals surface area contributed by atoms with Gasteiger partial charge in [-0.05, 0) is 13.0 Å². The minimum atomic E-state index is -0.530. The second kappa shape index (κ2) is 2.86. The summed E-state index contributed by atoms with van der Waals surface area (Å²) in [5.41, 5.74) is 6.40. The van der Waals surface area contributed by atoms with Gasteiger partial charge in [-0.15, -0.1) is 0 Å². The predicted octanol–water partition coefficient (Wildman–Crippen LogP) is 0.660. The van der Waals surface area contributed by atoms with Gasteiger partial charge < -0.3 is 15.3 Å². The van der Waals surface area contributed by atoms with Crippen molar-refractivity contribution >= 4 is 0 Å². The molecule has 1 heterocycles. The lowest BCUT2D eigenvalue weighted by atomic mass is 10.1. The molecular formula is C7H11NO2. The Hall–Kier alpha value is -0.800. The molecule has 1 aromatic heterocycles. The van der Waals surface area contributed by atoms with Gasteiger partial charge in [0.15, 0.2) is 0 Å². The Labute approximate surface area is 59.5 Å². The molecule has 0 aliphatic carbocycles. The molecule has 0 aliphatic heterocycles. The van der Waals surface area contributed by atoms with E-state index in [0.29, 0.717) is 0 Å². The second-order valence-electron chi connectivity index (χ2n) is 2.32. The van der Waals surface area contributed by atoms with Gasteiger partial charge in [-0.1, -0.05) is 0 Å². The second-order valence-corrected chi connectivity index (χ2v) is 2.32. The maximum absolute atomic E-state index is 9.03. The van der Waals surface area contributed by atoms with Crippen LogP contribution >= 0.6 is 0 Å². The summed E-state index contributed by atoms with van der Waals surface area (Å²) >= 11 is 0. The first-order valence-electron chi connectivity index (χ1n) is 3.17. The standard InChI is InChI=1S/C7H11NO2/c1-5(9)7(8)6-2-3-10-4-6/h2-5,7,9H,8H2,1H3/t5-,7+/m0/s1. The number of hydrogen-bond donors (Lipinski definition) is 2. The van der Waals surface area contributed by atoms with E-state index in [0.717, 1.165) is 5.56 Å². The smallest absolute Gasteiger partial charge is 0.0951 e. The molecule has 10 heavy (non-hydrogen) atoms. The van der Waals surface area contributed by atoms with Crippen LogP contribution in [0.5, 0.6) is 0 Å². The molecular weight excluding hydrogens is 130 g/mol. The summed E-state index contributed by atoms with van der Waals surface area (Å²) in [7, 11) is 0. The molecule has 1 aromatic rings. The molecule has 2 atom stereocenters. The van der Waals surface area contributed by atoms with Gasteiger partial charge in [0, 0.05) is 5.56 Å². The van der Waals surface area contributed by atoms with Crippen LogP contribution < -0.4 is 5.73 Å². The summed E-state index contributed by atoms with van der Waals surface area (Å²) in [5.74, 6) is 0. The van der Waals surface area contributed by atoms with Crippen LogP contribution in [0.25, 0.3) is 0 Å². The van der Waals surface area contributed by atoms with Crippen molar-refractivity contribution in [3.63, 3.8) is 0 Å². The number of furan rings is 1. The zero-order chi connectivity index (χ0) is 7.56. The van der Waals surface area contributed by atoms with Crippen molar-refractivity contribution in [3.05, 3.63) is 24.2 Å². The van der Waals surface area contributed by atoms with Crippen molar-refractivity contribution in [2.75, 3.05) is 0 Å². The molecule has 0 saturated heterocycles. The van der Waals surface area contributed by atoms with Crippen LogP contribution in [0.4, 0.5) is 0 Å². The molecule has 0 unspecified atom stereocenters. The van der Waals surface area contributed by atoms with E-state index in [2.05, 4.69) is 0 Å². The highest BCUT2D eigenvalue weighted by atomic mass is 16.3. The summed E-state index contributed by atoms with van der Waals surface area (Å²) in [6, 6.07) is 1.41. The molecule has 0 saturated carbocycles. The summed E-state index contributed by atoms with van der Waals surface area (Å²) in [5, 5.41) is 9.03. The van der Waals surface area contributed by atoms with Crippen molar-refractivity contribution in [2.45, 2.75) is 19.1 Å². The summed E-state index contributed by atoms with van der Waals surface area (Å²) in [6.07, 6.45) is 2.55. The van der Waals surface area contributed by atoms with E-state index in [9.17, 15) is 0 Å². The highest BCUT2D eigenvalue weighted by Gasteiger charge is 2.11. The van der Waals surface area contributed by atoms with E-state index in [1.54, 1.807) is 13.0 Å². The first-order chi connectivity index (χ1) is 4.72. The van der Waals surface area contributed by atoms with Gasteiger partial charge in [0.1, 0.15) is 0 Å². The van der Waals surface area contributed by atoms with Gasteiger partial charge in [-0.25, -0.2) is 0 Å². The van der Waals surface area contributed by atoms with E-state index in [1.165, 1.54) is 12.5 Å². The van der Waals surface area contributed by atoms with Crippen LogP contribution in [-0.2, 0) is 0 Å². The Balaban J connectivity index is 2.68. The van der Waals surface area contributed by atoms with Crippen LogP contribution in [0.2, 0.25) is 0 Å². The third kappa shape index (κ3) is 1.37. The molecule has 0 fully saturated rings. The van der Waals surface area contributed by atoms with Crippen molar-refractivity contribution < 1.29 is 9.52 Å². The van der Waals surface area contributed by atoms with Crippen LogP contribution in [0.3, 0.4) is 0 Å². The maximum atomic E-state index is 9.03. The van der Waals surface area contributed by atoms with Gasteiger partial charge in [0.25, 0.3) is 0 Å². The fourth-order valence-electron chi connectivity index (χ4n) is 0.743. The van der Waals surface area contributed by atoms with Gasteiger partial charge >= 0.3 is 0 Å². The topological polar surface area (TPSA) is 59.4 Å². The Bertz CT molecular complexity index is 181. The quantitative estimate of drug-likeness (QED) is 0.636. The molecule has 0 bridgehead atoms. The van der Waals surface area contributed by atoms with E-state index in [4.69, 9.17) is 15.3 Å². The first kappa shape index (κ1) is 7.31. The summed E-state index contributed by atoms with van der Waals surface area (Å²) in [4.78, 5) is 0. The Kier molecular flexibility index (Phi) is 2.09. The van der Waals surface area contributed by atoms with Crippen LogP contribution in [0, 0.1) is 0 Å². The number of aliphatic hydroxyl groups excluding tert-OH is 1. The molecule has 0 spiro atoms. The van der Waals surface area contributed by atoms with Crippen molar-refractivity contribution in [1.29, 1.82) is 0 Å². The normalized spacial score (nSPS) is 16.7. The number of aliphatic hydroxyl groups is 1. The first-order valence-corrected chi connectivity index (χ1v) is 3.17. The van der Waals surface area contributed by atoms with Crippen LogP contribution in [0.15, 0.2) is 23.0 Å². The van der Waals surface area contributed by atoms with Gasteiger partial charge in [-0.3, -0.25) is 0 Å². The molecule has 0 radical (unpaired) electrons. The average Bonchev–Trinajstić information content (AvgIpc) is 2.36. The molecule has 56 valence electrons. The van der Waals surface area contributed by atoms with Crippen molar-refractivity contribution in [3.8, 4) is 0 Å². The van der Waals surface area contributed by atoms with Crippen LogP contribution in [-0.4, -0.2) is 11.2 Å². The Morgan fingerprint density at radius 2 is 2.40 bits per heavy atom. The Morgan fingerprint density at radius 3 is 2.80 bits per heavy atom. The molecule has 3 nitrogen and oxygen atoms in total. The zero-order valence-corrected chi connectivity index (χ0v) is 5.82. The van der Waals surface area contributed by atoms with Crippen LogP contribution in [0.1, 0.15) is 18.5 Å². The predicted molar refractivity (Wildman–Crippen MR) is 37.3 cm³/mol. The Morgan fingerprint density at radius 1 is 1.70 bits per heavy atom. The third-order valence-electron chi connectivity index (χ3n) is 1.45. The van der Waals surface area contributed by atoms with Crippen molar-refractivity contribution in [1.82, 2.24) is 0 Å². The maximum Gasteiger partial charge on any atom is 0.0951 e. The zero-order valence-electron chi connectivity index (χ0n) is 5.82. The lowest BCUT2D eigenvalue weighted by Crippen LogP contribution is -2.22. The van der Waals surface area contributed by atoms with E-state index in [-0.39, 0.29) is 6.04 Å². The molecule has 3 heteroatoms. The molecule has 0 aromatic carbocycles. The third-order valence-corrected chi connectivity index (χ3v) is 1.45. The van der Waals surface area contributed by atoms with Gasteiger partial charge in [0.2, 0.25) is 0 Å². The van der Waals surface area contributed by atoms with E-state index < -0.39 is 6.10 Å². The highest BCUT2D eigenvalue weighted by molar-refractivity contribution is 5.11. The van der Waals surface area contributed by atoms with Crippen molar-refractivity contribution in [2.24, 2.45) is 5.73 Å². The van der Waals surface area contributed by atoms with Gasteiger partial charge in [-0.2, -0.15) is 0 Å². The fraction of sp³-hybridized carbons (Fsp3) is 0.429. The average molecular weight is 141 g/mol. The summed E-state index contributed by atoms with van der Waals surface area (Å²) < 4.78 is 4.79. The largest absolute Gasteiger partial charge is 0.472 e. The molecule has 3 N–H and O–H groups in total. The summed E-state index contributed by atoms with van der Waals surface area (Å²) in [6.45, 7) is 1.65. The lowest BCUT2D eigenvalue weighted by molar-refractivity contribution is 0.164. The fourth-order valence-corrected chi connectivity index (χ4v) is 0.743. The number of hydrogen-bond acceptors (Lipinski definition) is 3. The minimum Gasteiger partial charge on any atom is -0.472 e. The monoisotopic (exact) mass is 141 g/mol. The highest BCUT2D eigenvalue weighted by Crippen LogP contribution is 2.13. The molecule has 0 amide bonds. The molecule has 1 rings (SSSR count).